The van der Waals surface area contributed by atoms with Crippen LogP contribution in [0.1, 0.15) is 31.7 Å². The van der Waals surface area contributed by atoms with Crippen LogP contribution in [0.3, 0.4) is 0 Å². The fraction of sp³-hybridized carbons (Fsp3) is 0.353. The second kappa shape index (κ2) is 10.6. The van der Waals surface area contributed by atoms with Crippen molar-refractivity contribution < 1.29 is 45.8 Å². The second-order valence-corrected chi connectivity index (χ2v) is 6.47. The average Bonchev–Trinajstić information content (AvgIpc) is 2.66. The Morgan fingerprint density at radius 1 is 1.10 bits per heavy atom. The maximum absolute atomic E-state index is 12.8. The number of carbonyl (C=O) groups excluding carboxylic acids is 1. The summed E-state index contributed by atoms with van der Waals surface area (Å²) in [4.78, 5) is 17.1. The number of allylic oxidation sites excluding steroid dienone is 3. The Morgan fingerprint density at radius 2 is 1.80 bits per heavy atom. The number of quaternary nitrogens is 3. The summed E-state index contributed by atoms with van der Waals surface area (Å²) in [6.45, 7) is 2.82. The maximum atomic E-state index is 12.8. The molecule has 0 spiro atoms. The van der Waals surface area contributed by atoms with Gasteiger partial charge in [0, 0.05) is 24.3 Å². The van der Waals surface area contributed by atoms with E-state index in [9.17, 15) is 30.8 Å². The van der Waals surface area contributed by atoms with E-state index in [-0.39, 0.29) is 36.6 Å². The lowest BCUT2D eigenvalue weighted by Crippen LogP contribution is -3.03. The van der Waals surface area contributed by atoms with Gasteiger partial charge in [-0.3, -0.25) is 0 Å². The molecule has 0 aromatic heterocycles. The van der Waals surface area contributed by atoms with Crippen molar-refractivity contribution in [3.05, 3.63) is 68.1 Å². The molecule has 1 aliphatic heterocycles. The highest BCUT2D eigenvalue weighted by Crippen LogP contribution is 2.36. The highest BCUT2D eigenvalue weighted by molar-refractivity contribution is 5.92. The zero-order valence-corrected chi connectivity index (χ0v) is 16.3. The Balaban J connectivity index is 2.35. The summed E-state index contributed by atoms with van der Waals surface area (Å²) in [5.74, 6) is -1.85. The van der Waals surface area contributed by atoms with Gasteiger partial charge >= 0.3 is 5.97 Å². The molecule has 0 saturated heterocycles. The standard InChI is InChI=1S/C17H24N4O9/c1-10-14(17(22)29-7-4-8-30-21(27)28)15(16(20(25)26)11(2)18-10)12-5-3-6-13(9-12)19(23)24/h3,5-6,9,15,18-21,23,25,27H,4,7-8H2,1-2H3/t15-/m1/s1. The lowest BCUT2D eigenvalue weighted by molar-refractivity contribution is -1.21. The van der Waals surface area contributed by atoms with Crippen LogP contribution >= 0.6 is 0 Å². The predicted octanol–water partition coefficient (Wildman–Crippen LogP) is -2.31. The van der Waals surface area contributed by atoms with Crippen molar-refractivity contribution in [3.8, 4) is 0 Å². The maximum Gasteiger partial charge on any atom is 0.336 e. The van der Waals surface area contributed by atoms with Crippen LogP contribution in [-0.2, 0) is 14.4 Å². The minimum absolute atomic E-state index is 0.0275. The van der Waals surface area contributed by atoms with E-state index >= 15 is 0 Å². The molecule has 4 atom stereocenters. The number of benzene rings is 1. The molecule has 0 bridgehead atoms. The smallest absolute Gasteiger partial charge is 0.336 e. The molecule has 2 rings (SSSR count). The van der Waals surface area contributed by atoms with Gasteiger partial charge < -0.3 is 25.7 Å². The monoisotopic (exact) mass is 428 g/mol. The lowest BCUT2D eigenvalue weighted by atomic mass is 9.84. The quantitative estimate of drug-likeness (QED) is 0.128. The Morgan fingerprint density at radius 3 is 2.40 bits per heavy atom. The second-order valence-electron chi connectivity index (χ2n) is 6.47. The summed E-state index contributed by atoms with van der Waals surface area (Å²) < 4.78 is 5.18. The lowest BCUT2D eigenvalue weighted by Gasteiger charge is -2.32. The molecule has 1 aromatic carbocycles. The molecule has 30 heavy (non-hydrogen) atoms. The zero-order valence-electron chi connectivity index (χ0n) is 16.3. The first-order valence-electron chi connectivity index (χ1n) is 8.91. The van der Waals surface area contributed by atoms with Crippen LogP contribution in [0, 0.1) is 15.6 Å². The normalized spacial score (nSPS) is 19.9. The third-order valence-corrected chi connectivity index (χ3v) is 4.42. The number of hydroxylamine groups is 2. The number of esters is 1. The van der Waals surface area contributed by atoms with Gasteiger partial charge in [-0.2, -0.15) is 20.5 Å². The van der Waals surface area contributed by atoms with Crippen LogP contribution in [-0.4, -0.2) is 34.8 Å². The minimum Gasteiger partial charge on any atom is -0.595 e. The van der Waals surface area contributed by atoms with E-state index < -0.39 is 27.7 Å². The summed E-state index contributed by atoms with van der Waals surface area (Å²) in [7, 11) is 0. The zero-order chi connectivity index (χ0) is 22.4. The van der Waals surface area contributed by atoms with E-state index in [0.717, 1.165) is 0 Å². The SMILES string of the molecule is CC1=C(C(=O)OCCCO[NH+]([O-])O)[C@@H](c2cccc([NH+]([O-])O)c2)C([NH+]([O-])O)=C(C)N1. The molecule has 1 aromatic rings. The van der Waals surface area contributed by atoms with Crippen molar-refractivity contribution in [2.75, 3.05) is 13.2 Å². The van der Waals surface area contributed by atoms with Gasteiger partial charge in [-0.1, -0.05) is 17.5 Å². The number of dihydropyridines is 1. The van der Waals surface area contributed by atoms with Gasteiger partial charge in [-0.15, -0.1) is 0 Å². The van der Waals surface area contributed by atoms with Crippen LogP contribution in [0.25, 0.3) is 0 Å². The Kier molecular flexibility index (Phi) is 8.39. The molecule has 3 unspecified atom stereocenters. The molecule has 0 aliphatic carbocycles. The van der Waals surface area contributed by atoms with Gasteiger partial charge in [-0.25, -0.2) is 15.2 Å². The van der Waals surface area contributed by atoms with Gasteiger partial charge in [-0.05, 0) is 19.4 Å². The third-order valence-electron chi connectivity index (χ3n) is 4.42. The molecule has 0 radical (unpaired) electrons. The molecule has 0 saturated carbocycles. The third kappa shape index (κ3) is 5.80. The first-order chi connectivity index (χ1) is 14.1. The van der Waals surface area contributed by atoms with Crippen molar-refractivity contribution >= 4 is 11.7 Å². The summed E-state index contributed by atoms with van der Waals surface area (Å²) >= 11 is 0. The van der Waals surface area contributed by atoms with Crippen LogP contribution in [0.4, 0.5) is 5.69 Å². The van der Waals surface area contributed by atoms with Gasteiger partial charge in [0.15, 0.2) is 11.4 Å². The first kappa shape index (κ1) is 23.8. The summed E-state index contributed by atoms with van der Waals surface area (Å²) in [5.41, 5.74) is 0.870. The fourth-order valence-electron chi connectivity index (χ4n) is 3.19. The van der Waals surface area contributed by atoms with Gasteiger partial charge in [0.25, 0.3) is 0 Å². The van der Waals surface area contributed by atoms with E-state index in [1.165, 1.54) is 18.2 Å². The number of carbonyl (C=O) groups is 1. The summed E-state index contributed by atoms with van der Waals surface area (Å²) in [5, 5.41) is 60.0. The van der Waals surface area contributed by atoms with Gasteiger partial charge in [0.1, 0.15) is 6.61 Å². The van der Waals surface area contributed by atoms with E-state index in [1.807, 2.05) is 0 Å². The molecular formula is C17H24N4O9. The Bertz CT molecular complexity index is 823. The molecule has 0 amide bonds. The highest BCUT2D eigenvalue weighted by Gasteiger charge is 2.38. The largest absolute Gasteiger partial charge is 0.595 e. The van der Waals surface area contributed by atoms with E-state index in [4.69, 9.17) is 9.94 Å². The van der Waals surface area contributed by atoms with Crippen LogP contribution in [0.15, 0.2) is 46.9 Å². The van der Waals surface area contributed by atoms with E-state index in [2.05, 4.69) is 10.2 Å². The van der Waals surface area contributed by atoms with Gasteiger partial charge in [0.05, 0.1) is 23.8 Å². The van der Waals surface area contributed by atoms with Crippen molar-refractivity contribution in [2.45, 2.75) is 26.2 Å². The van der Waals surface area contributed by atoms with Crippen molar-refractivity contribution in [3.63, 3.8) is 0 Å². The molecule has 7 N–H and O–H groups in total. The number of nitrogens with one attached hydrogen (secondary N) is 4. The number of ether oxygens (including phenoxy) is 1. The predicted molar refractivity (Wildman–Crippen MR) is 97.3 cm³/mol. The summed E-state index contributed by atoms with van der Waals surface area (Å²) in [6, 6.07) is 5.69. The molecule has 0 fully saturated rings. The Labute approximate surface area is 171 Å². The van der Waals surface area contributed by atoms with Crippen molar-refractivity contribution in [2.24, 2.45) is 0 Å². The van der Waals surface area contributed by atoms with Crippen LogP contribution in [0.2, 0.25) is 0 Å². The number of hydrogen-bond acceptors (Lipinski definition) is 10. The van der Waals surface area contributed by atoms with E-state index in [1.54, 1.807) is 19.9 Å². The average molecular weight is 428 g/mol. The summed E-state index contributed by atoms with van der Waals surface area (Å²) in [6.07, 6.45) is 0.123. The molecule has 1 heterocycles. The molecule has 1 aliphatic rings. The van der Waals surface area contributed by atoms with E-state index in [0.29, 0.717) is 17.0 Å². The number of hydrogen-bond donors (Lipinski definition) is 7. The van der Waals surface area contributed by atoms with Crippen LogP contribution in [0.5, 0.6) is 0 Å². The van der Waals surface area contributed by atoms with Crippen molar-refractivity contribution in [1.82, 2.24) is 5.32 Å². The van der Waals surface area contributed by atoms with Gasteiger partial charge in [0.2, 0.25) is 0 Å². The molecule has 13 nitrogen and oxygen atoms in total. The minimum atomic E-state index is -1.44. The Hall–Kier alpha value is -2.43. The van der Waals surface area contributed by atoms with Crippen molar-refractivity contribution in [1.29, 1.82) is 0 Å². The fourth-order valence-corrected chi connectivity index (χ4v) is 3.19. The van der Waals surface area contributed by atoms with Crippen LogP contribution < -0.4 is 21.2 Å². The number of rotatable bonds is 9. The molecule has 166 valence electrons. The molecule has 13 heteroatoms. The molecular weight excluding hydrogens is 404 g/mol. The topological polar surface area (TPSA) is 191 Å². The highest BCUT2D eigenvalue weighted by atomic mass is 17.1. The first-order valence-corrected chi connectivity index (χ1v) is 8.91.